The first-order valence-corrected chi connectivity index (χ1v) is 2.99. The Kier molecular flexibility index (Phi) is 4.09. The van der Waals surface area contributed by atoms with Crippen LogP contribution in [0, 0.1) is 0 Å². The summed E-state index contributed by atoms with van der Waals surface area (Å²) in [5.41, 5.74) is 11.6. The summed E-state index contributed by atoms with van der Waals surface area (Å²) >= 11 is 0. The molecule has 0 heterocycles. The number of anilines is 2. The molecular weight excluding hydrogens is 167 g/mol. The number of carboxylic acid groups (broad SMARTS) is 1. The molecule has 4 nitrogen and oxygen atoms in total. The summed E-state index contributed by atoms with van der Waals surface area (Å²) in [4.78, 5) is 10.4. The van der Waals surface area contributed by atoms with Crippen molar-refractivity contribution in [1.82, 2.24) is 0 Å². The zero-order valence-electron chi connectivity index (χ0n) is 7.74. The fraction of sp³-hybridized carbons (Fsp3) is 0. The molecule has 1 aromatic carbocycles. The quantitative estimate of drug-likeness (QED) is 0.330. The first kappa shape index (κ1) is 11.3. The van der Waals surface area contributed by atoms with Gasteiger partial charge in [-0.3, -0.25) is 0 Å². The van der Waals surface area contributed by atoms with Crippen LogP contribution in [0.1, 0.15) is 11.8 Å². The average Bonchev–Trinajstić information content (AvgIpc) is 1.94. The molecule has 0 saturated heterocycles. The number of carboxylic acids is 1. The van der Waals surface area contributed by atoms with E-state index in [0.717, 1.165) is 0 Å². The standard InChI is InChI=1S/C7H8N2O2.Na.H/c8-5-2-1-4(7(10)11)3-6(5)9;;/h1-3H,8-9H2,(H,10,11);;/q;+1;-1. The fourth-order valence-electron chi connectivity index (χ4n) is 0.708. The number of hydrogen-bond donors (Lipinski definition) is 3. The largest absolute Gasteiger partial charge is 1.00 e. The van der Waals surface area contributed by atoms with Gasteiger partial charge in [0.25, 0.3) is 0 Å². The Labute approximate surface area is 93.3 Å². The van der Waals surface area contributed by atoms with Gasteiger partial charge < -0.3 is 18.0 Å². The molecule has 0 aliphatic heterocycles. The number of nitrogens with two attached hydrogens (primary N) is 2. The average molecular weight is 176 g/mol. The number of benzene rings is 1. The molecule has 0 aromatic heterocycles. The van der Waals surface area contributed by atoms with Crippen LogP contribution >= 0.6 is 0 Å². The maximum Gasteiger partial charge on any atom is 1.00 e. The summed E-state index contributed by atoms with van der Waals surface area (Å²) in [5, 5.41) is 8.50. The second-order valence-corrected chi connectivity index (χ2v) is 2.15. The summed E-state index contributed by atoms with van der Waals surface area (Å²) in [7, 11) is 0. The smallest absolute Gasteiger partial charge is 1.00 e. The van der Waals surface area contributed by atoms with Crippen LogP contribution in [-0.4, -0.2) is 11.1 Å². The van der Waals surface area contributed by atoms with E-state index in [0.29, 0.717) is 11.4 Å². The Morgan fingerprint density at radius 3 is 2.33 bits per heavy atom. The molecule has 5 N–H and O–H groups in total. The molecule has 0 fully saturated rings. The van der Waals surface area contributed by atoms with Crippen molar-refractivity contribution in [3.05, 3.63) is 23.8 Å². The van der Waals surface area contributed by atoms with Crippen LogP contribution in [-0.2, 0) is 0 Å². The Bertz CT molecular complexity index is 307. The summed E-state index contributed by atoms with van der Waals surface area (Å²) < 4.78 is 0. The van der Waals surface area contributed by atoms with Crippen LogP contribution in [0.2, 0.25) is 0 Å². The molecule has 0 amide bonds. The molecule has 1 aromatic rings. The van der Waals surface area contributed by atoms with E-state index < -0.39 is 5.97 Å². The molecule has 1 rings (SSSR count). The molecule has 60 valence electrons. The van der Waals surface area contributed by atoms with Crippen molar-refractivity contribution in [3.63, 3.8) is 0 Å². The summed E-state index contributed by atoms with van der Waals surface area (Å²) in [6.45, 7) is 0. The van der Waals surface area contributed by atoms with Crippen molar-refractivity contribution in [2.24, 2.45) is 0 Å². The minimum atomic E-state index is -1.00. The third kappa shape index (κ3) is 2.41. The Balaban J connectivity index is 0. The first-order valence-electron chi connectivity index (χ1n) is 2.99. The Morgan fingerprint density at radius 1 is 1.33 bits per heavy atom. The van der Waals surface area contributed by atoms with Crippen LogP contribution in [0.15, 0.2) is 18.2 Å². The number of rotatable bonds is 1. The normalized spacial score (nSPS) is 8.67. The summed E-state index contributed by atoms with van der Waals surface area (Å²) in [6, 6.07) is 4.21. The van der Waals surface area contributed by atoms with Crippen molar-refractivity contribution in [2.45, 2.75) is 0 Å². The van der Waals surface area contributed by atoms with Crippen molar-refractivity contribution in [1.29, 1.82) is 0 Å². The summed E-state index contributed by atoms with van der Waals surface area (Å²) in [6.07, 6.45) is 0. The zero-order valence-corrected chi connectivity index (χ0v) is 8.74. The number of carbonyl (C=O) groups is 1. The molecule has 0 aliphatic carbocycles. The van der Waals surface area contributed by atoms with E-state index in [1.54, 1.807) is 0 Å². The van der Waals surface area contributed by atoms with Crippen molar-refractivity contribution in [3.8, 4) is 0 Å². The van der Waals surface area contributed by atoms with Gasteiger partial charge in [-0.2, -0.15) is 0 Å². The maximum atomic E-state index is 10.4. The predicted molar refractivity (Wildman–Crippen MR) is 43.3 cm³/mol. The van der Waals surface area contributed by atoms with Crippen LogP contribution in [0.4, 0.5) is 11.4 Å². The number of hydrogen-bond acceptors (Lipinski definition) is 3. The molecule has 0 aliphatic rings. The Hall–Kier alpha value is -0.710. The molecule has 0 saturated carbocycles. The van der Waals surface area contributed by atoms with Crippen molar-refractivity contribution in [2.75, 3.05) is 11.5 Å². The van der Waals surface area contributed by atoms with E-state index in [9.17, 15) is 4.79 Å². The molecule has 12 heavy (non-hydrogen) atoms. The predicted octanol–water partition coefficient (Wildman–Crippen LogP) is -2.33. The topological polar surface area (TPSA) is 89.3 Å². The van der Waals surface area contributed by atoms with Gasteiger partial charge in [-0.15, -0.1) is 0 Å². The molecule has 0 spiro atoms. The zero-order chi connectivity index (χ0) is 8.43. The molecule has 5 heteroatoms. The number of aromatic carboxylic acids is 1. The Morgan fingerprint density at radius 2 is 1.92 bits per heavy atom. The minimum Gasteiger partial charge on any atom is -1.00 e. The van der Waals surface area contributed by atoms with Gasteiger partial charge >= 0.3 is 35.5 Å². The van der Waals surface area contributed by atoms with E-state index >= 15 is 0 Å². The van der Waals surface area contributed by atoms with Gasteiger partial charge in [-0.1, -0.05) is 0 Å². The van der Waals surface area contributed by atoms with Crippen LogP contribution in [0.5, 0.6) is 0 Å². The second kappa shape index (κ2) is 4.35. The second-order valence-electron chi connectivity index (χ2n) is 2.15. The van der Waals surface area contributed by atoms with E-state index in [1.165, 1.54) is 18.2 Å². The maximum absolute atomic E-state index is 10.4. The fourth-order valence-corrected chi connectivity index (χ4v) is 0.708. The molecule has 0 bridgehead atoms. The van der Waals surface area contributed by atoms with E-state index in [1.807, 2.05) is 0 Å². The van der Waals surface area contributed by atoms with Gasteiger partial charge in [0.05, 0.1) is 16.9 Å². The monoisotopic (exact) mass is 176 g/mol. The molecule has 0 radical (unpaired) electrons. The third-order valence-electron chi connectivity index (χ3n) is 1.33. The van der Waals surface area contributed by atoms with Crippen LogP contribution in [0.3, 0.4) is 0 Å². The van der Waals surface area contributed by atoms with Crippen LogP contribution in [0.25, 0.3) is 0 Å². The summed E-state index contributed by atoms with van der Waals surface area (Å²) in [5.74, 6) is -1.00. The van der Waals surface area contributed by atoms with Gasteiger partial charge in [0, 0.05) is 0 Å². The van der Waals surface area contributed by atoms with E-state index in [2.05, 4.69) is 0 Å². The third-order valence-corrected chi connectivity index (χ3v) is 1.33. The first-order chi connectivity index (χ1) is 5.11. The molecule has 0 atom stereocenters. The molecular formula is C7H9N2NaO2. The SMILES string of the molecule is Nc1ccc(C(=O)O)cc1N.[H-].[Na+]. The number of nitrogen functional groups attached to an aromatic ring is 2. The van der Waals surface area contributed by atoms with Crippen molar-refractivity contribution >= 4 is 17.3 Å². The van der Waals surface area contributed by atoms with Crippen LogP contribution < -0.4 is 41.0 Å². The minimum absolute atomic E-state index is 0. The van der Waals surface area contributed by atoms with Crippen molar-refractivity contribution < 1.29 is 40.9 Å². The van der Waals surface area contributed by atoms with E-state index in [-0.39, 0.29) is 36.5 Å². The molecule has 0 unspecified atom stereocenters. The van der Waals surface area contributed by atoms with Gasteiger partial charge in [-0.05, 0) is 18.2 Å². The van der Waals surface area contributed by atoms with Gasteiger partial charge in [0.15, 0.2) is 0 Å². The van der Waals surface area contributed by atoms with Gasteiger partial charge in [0.1, 0.15) is 0 Å². The van der Waals surface area contributed by atoms with Gasteiger partial charge in [0.2, 0.25) is 0 Å². The van der Waals surface area contributed by atoms with E-state index in [4.69, 9.17) is 16.6 Å². The van der Waals surface area contributed by atoms with Gasteiger partial charge in [-0.25, -0.2) is 4.79 Å².